The van der Waals surface area contributed by atoms with Crippen molar-refractivity contribution in [1.82, 2.24) is 9.97 Å². The van der Waals surface area contributed by atoms with Gasteiger partial charge in [0.1, 0.15) is 11.0 Å². The lowest BCUT2D eigenvalue weighted by Crippen LogP contribution is -2.34. The van der Waals surface area contributed by atoms with Gasteiger partial charge in [0.25, 0.3) is 0 Å². The van der Waals surface area contributed by atoms with E-state index in [0.29, 0.717) is 22.1 Å². The van der Waals surface area contributed by atoms with Crippen LogP contribution in [0.5, 0.6) is 0 Å². The maximum absolute atomic E-state index is 11.0. The number of aromatic carboxylic acids is 1. The van der Waals surface area contributed by atoms with Gasteiger partial charge in [0.15, 0.2) is 5.16 Å². The van der Waals surface area contributed by atoms with Crippen LogP contribution in [0.1, 0.15) is 48.0 Å². The highest BCUT2D eigenvalue weighted by Crippen LogP contribution is 2.28. The van der Waals surface area contributed by atoms with E-state index in [1.807, 2.05) is 6.07 Å². The van der Waals surface area contributed by atoms with Crippen molar-refractivity contribution in [3.8, 4) is 0 Å². The molecule has 1 aromatic heterocycles. The lowest BCUT2D eigenvalue weighted by Gasteiger charge is -2.32. The van der Waals surface area contributed by atoms with E-state index in [1.165, 1.54) is 49.9 Å². The van der Waals surface area contributed by atoms with Gasteiger partial charge in [0, 0.05) is 24.9 Å². The SMILES string of the molecule is CN(c1cc(Cl)nc(SCc2cccc(C(=O)[O-])c2)n1)C1CCCCC1. The maximum Gasteiger partial charge on any atom is 0.191 e. The Balaban J connectivity index is 1.71. The van der Waals surface area contributed by atoms with Crippen molar-refractivity contribution >= 4 is 35.1 Å². The number of hydrogen-bond donors (Lipinski definition) is 0. The van der Waals surface area contributed by atoms with E-state index in [9.17, 15) is 9.90 Å². The van der Waals surface area contributed by atoms with Crippen molar-refractivity contribution < 1.29 is 9.90 Å². The Labute approximate surface area is 162 Å². The molecule has 0 amide bonds. The Morgan fingerprint density at radius 3 is 2.77 bits per heavy atom. The molecule has 2 aromatic rings. The van der Waals surface area contributed by atoms with E-state index in [2.05, 4.69) is 21.9 Å². The van der Waals surface area contributed by atoms with Crippen LogP contribution in [0, 0.1) is 0 Å². The third-order valence-electron chi connectivity index (χ3n) is 4.68. The quantitative estimate of drug-likeness (QED) is 0.426. The molecular weight excluding hydrogens is 370 g/mol. The Morgan fingerprint density at radius 2 is 2.04 bits per heavy atom. The Bertz CT molecular complexity index is 781. The van der Waals surface area contributed by atoms with Crippen molar-refractivity contribution in [2.24, 2.45) is 0 Å². The van der Waals surface area contributed by atoms with Crippen LogP contribution >= 0.6 is 23.4 Å². The second kappa shape index (κ2) is 8.73. The number of aromatic nitrogens is 2. The van der Waals surface area contributed by atoms with Gasteiger partial charge in [0.05, 0.1) is 5.97 Å². The number of hydrogen-bond acceptors (Lipinski definition) is 6. The van der Waals surface area contributed by atoms with Crippen LogP contribution in [0.15, 0.2) is 35.5 Å². The van der Waals surface area contributed by atoms with Gasteiger partial charge in [-0.1, -0.05) is 60.8 Å². The highest BCUT2D eigenvalue weighted by Gasteiger charge is 2.20. The summed E-state index contributed by atoms with van der Waals surface area (Å²) in [7, 11) is 2.06. The van der Waals surface area contributed by atoms with Crippen molar-refractivity contribution in [2.45, 2.75) is 49.1 Å². The molecule has 1 fully saturated rings. The third kappa shape index (κ3) is 4.89. The Morgan fingerprint density at radius 1 is 1.27 bits per heavy atom. The highest BCUT2D eigenvalue weighted by atomic mass is 35.5. The first-order valence-electron chi connectivity index (χ1n) is 8.73. The second-order valence-corrected chi connectivity index (χ2v) is 7.84. The van der Waals surface area contributed by atoms with Gasteiger partial charge in [-0.25, -0.2) is 9.97 Å². The summed E-state index contributed by atoms with van der Waals surface area (Å²) in [5.41, 5.74) is 1.05. The topological polar surface area (TPSA) is 69.2 Å². The summed E-state index contributed by atoms with van der Waals surface area (Å²) in [5, 5.41) is 12.0. The van der Waals surface area contributed by atoms with E-state index >= 15 is 0 Å². The van der Waals surface area contributed by atoms with Gasteiger partial charge in [0.2, 0.25) is 0 Å². The molecule has 138 valence electrons. The minimum absolute atomic E-state index is 0.174. The van der Waals surface area contributed by atoms with Crippen LogP contribution in [-0.4, -0.2) is 29.0 Å². The highest BCUT2D eigenvalue weighted by molar-refractivity contribution is 7.98. The molecule has 1 aliphatic carbocycles. The smallest absolute Gasteiger partial charge is 0.191 e. The van der Waals surface area contributed by atoms with Crippen LogP contribution in [0.3, 0.4) is 0 Å². The fourth-order valence-electron chi connectivity index (χ4n) is 3.22. The first-order chi connectivity index (χ1) is 12.5. The first kappa shape index (κ1) is 19.0. The average Bonchev–Trinajstić information content (AvgIpc) is 2.66. The van der Waals surface area contributed by atoms with Gasteiger partial charge in [-0.2, -0.15) is 0 Å². The van der Waals surface area contributed by atoms with Crippen molar-refractivity contribution in [3.63, 3.8) is 0 Å². The average molecular weight is 391 g/mol. The number of carbonyl (C=O) groups is 1. The summed E-state index contributed by atoms with van der Waals surface area (Å²) in [5.74, 6) is 0.226. The molecule has 0 radical (unpaired) electrons. The molecule has 1 heterocycles. The number of anilines is 1. The number of carbonyl (C=O) groups excluding carboxylic acids is 1. The molecule has 7 heteroatoms. The predicted molar refractivity (Wildman–Crippen MR) is 103 cm³/mol. The minimum Gasteiger partial charge on any atom is -0.545 e. The van der Waals surface area contributed by atoms with Gasteiger partial charge < -0.3 is 14.8 Å². The fourth-order valence-corrected chi connectivity index (χ4v) is 4.25. The number of carboxylic acid groups (broad SMARTS) is 1. The van der Waals surface area contributed by atoms with Gasteiger partial charge >= 0.3 is 0 Å². The summed E-state index contributed by atoms with van der Waals surface area (Å²) in [4.78, 5) is 22.1. The van der Waals surface area contributed by atoms with E-state index in [-0.39, 0.29) is 5.56 Å². The number of benzene rings is 1. The zero-order valence-corrected chi connectivity index (χ0v) is 16.2. The normalized spacial score (nSPS) is 15.0. The minimum atomic E-state index is -1.17. The molecule has 5 nitrogen and oxygen atoms in total. The number of rotatable bonds is 6. The molecule has 0 unspecified atom stereocenters. The molecule has 0 saturated heterocycles. The lowest BCUT2D eigenvalue weighted by molar-refractivity contribution is -0.255. The number of thioether (sulfide) groups is 1. The van der Waals surface area contributed by atoms with Crippen LogP contribution in [0.4, 0.5) is 5.82 Å². The summed E-state index contributed by atoms with van der Waals surface area (Å²) < 4.78 is 0. The summed E-state index contributed by atoms with van der Waals surface area (Å²) in [6.45, 7) is 0. The molecule has 1 saturated carbocycles. The molecule has 1 aliphatic rings. The number of nitrogens with zero attached hydrogens (tertiary/aromatic N) is 3. The summed E-state index contributed by atoms with van der Waals surface area (Å²) in [6, 6.07) is 9.02. The molecule has 3 rings (SSSR count). The first-order valence-corrected chi connectivity index (χ1v) is 10.1. The number of carboxylic acids is 1. The zero-order valence-electron chi connectivity index (χ0n) is 14.7. The van der Waals surface area contributed by atoms with Gasteiger partial charge in [-0.05, 0) is 30.0 Å². The van der Waals surface area contributed by atoms with Crippen molar-refractivity contribution in [2.75, 3.05) is 11.9 Å². The van der Waals surface area contributed by atoms with Gasteiger partial charge in [-0.15, -0.1) is 0 Å². The Hall–Kier alpha value is -1.79. The van der Waals surface area contributed by atoms with Crippen molar-refractivity contribution in [1.29, 1.82) is 0 Å². The molecule has 1 aromatic carbocycles. The van der Waals surface area contributed by atoms with Crippen LogP contribution < -0.4 is 10.0 Å². The Kier molecular flexibility index (Phi) is 6.38. The standard InChI is InChI=1S/C19H22ClN3O2S/c1-23(15-8-3-2-4-9-15)17-11-16(20)21-19(22-17)26-12-13-6-5-7-14(10-13)18(24)25/h5-7,10-11,15H,2-4,8-9,12H2,1H3,(H,24,25)/p-1. The van der Waals surface area contributed by atoms with Crippen LogP contribution in [0.2, 0.25) is 5.15 Å². The predicted octanol–water partition coefficient (Wildman–Crippen LogP) is 3.55. The van der Waals surface area contributed by atoms with E-state index in [1.54, 1.807) is 18.2 Å². The number of halogens is 1. The molecule has 0 atom stereocenters. The van der Waals surface area contributed by atoms with Crippen molar-refractivity contribution in [3.05, 3.63) is 46.6 Å². The third-order valence-corrected chi connectivity index (χ3v) is 5.79. The zero-order chi connectivity index (χ0) is 18.5. The van der Waals surface area contributed by atoms with E-state index in [0.717, 1.165) is 11.4 Å². The fraction of sp³-hybridized carbons (Fsp3) is 0.421. The molecule has 0 N–H and O–H groups in total. The van der Waals surface area contributed by atoms with E-state index < -0.39 is 5.97 Å². The van der Waals surface area contributed by atoms with E-state index in [4.69, 9.17) is 11.6 Å². The molecule has 0 bridgehead atoms. The van der Waals surface area contributed by atoms with Crippen LogP contribution in [0.25, 0.3) is 0 Å². The molecule has 0 aliphatic heterocycles. The largest absolute Gasteiger partial charge is 0.545 e. The van der Waals surface area contributed by atoms with Gasteiger partial charge in [-0.3, -0.25) is 0 Å². The van der Waals surface area contributed by atoms with Crippen LogP contribution in [-0.2, 0) is 5.75 Å². The summed E-state index contributed by atoms with van der Waals surface area (Å²) in [6.07, 6.45) is 6.17. The molecular formula is C19H21ClN3O2S-. The molecule has 0 spiro atoms. The monoisotopic (exact) mass is 390 g/mol. The summed E-state index contributed by atoms with van der Waals surface area (Å²) >= 11 is 7.64. The molecule has 26 heavy (non-hydrogen) atoms. The lowest BCUT2D eigenvalue weighted by atomic mass is 9.94. The second-order valence-electron chi connectivity index (χ2n) is 6.51. The maximum atomic E-state index is 11.0.